The quantitative estimate of drug-likeness (QED) is 0.200. The van der Waals surface area contributed by atoms with Gasteiger partial charge in [0.15, 0.2) is 5.70 Å². The summed E-state index contributed by atoms with van der Waals surface area (Å²) >= 11 is 0. The fourth-order valence-electron chi connectivity index (χ4n) is 3.14. The molecule has 2 rings (SSSR count). The summed E-state index contributed by atoms with van der Waals surface area (Å²) in [7, 11) is 1.45. The molecule has 1 aromatic rings. The lowest BCUT2D eigenvalue weighted by atomic mass is 9.96. The third kappa shape index (κ3) is 7.06. The fraction of sp³-hybridized carbons (Fsp3) is 0.478. The largest absolute Gasteiger partial charge is 0.668 e. The van der Waals surface area contributed by atoms with E-state index in [2.05, 4.69) is 10.3 Å². The number of ether oxygens (including phenoxy) is 2. The molecule has 0 aromatic heterocycles. The topological polar surface area (TPSA) is 128 Å². The zero-order valence-corrected chi connectivity index (χ0v) is 19.2. The van der Waals surface area contributed by atoms with Crippen molar-refractivity contribution in [2.75, 3.05) is 13.7 Å². The molecule has 0 bridgehead atoms. The van der Waals surface area contributed by atoms with E-state index in [0.717, 1.165) is 11.1 Å². The molecule has 0 amide bonds. The van der Waals surface area contributed by atoms with Crippen molar-refractivity contribution in [2.24, 2.45) is 0 Å². The number of hydrogen-bond donors (Lipinski definition) is 5. The lowest BCUT2D eigenvalue weighted by Gasteiger charge is -2.32. The van der Waals surface area contributed by atoms with Crippen molar-refractivity contribution < 1.29 is 40.1 Å². The molecule has 0 saturated carbocycles. The van der Waals surface area contributed by atoms with E-state index in [-0.39, 0.29) is 10.9 Å². The molecule has 3 unspecified atom stereocenters. The number of allylic oxidation sites excluding steroid dienone is 2. The zero-order chi connectivity index (χ0) is 23.9. The molecule has 0 aliphatic carbocycles. The van der Waals surface area contributed by atoms with E-state index in [1.807, 2.05) is 37.3 Å². The Hall–Kier alpha value is -2.40. The molecular weight excluding hydrogens is 416 g/mol. The van der Waals surface area contributed by atoms with Crippen LogP contribution in [-0.4, -0.2) is 47.0 Å². The monoisotopic (exact) mass is 450 g/mol. The highest BCUT2D eigenvalue weighted by Gasteiger charge is 2.35. The van der Waals surface area contributed by atoms with Gasteiger partial charge < -0.3 is 35.4 Å². The standard InChI is InChI=1S/C23H34N2O7/c1-15(6-11-20(26)23(3,4)28)12-13-31-18-9-7-17(8-10-18)14-19-22(30-5)25(32-29)16(2)21(27)24-19/h7-10,12,14,20,22,24,26-29H,6,11,13H2,1-5H3. The molecule has 0 saturated heterocycles. The Morgan fingerprint density at radius 2 is 1.97 bits per heavy atom. The van der Waals surface area contributed by atoms with Crippen molar-refractivity contribution in [3.63, 3.8) is 0 Å². The summed E-state index contributed by atoms with van der Waals surface area (Å²) in [5.41, 5.74) is 1.54. The second kappa shape index (κ2) is 11.5. The lowest BCUT2D eigenvalue weighted by Crippen LogP contribution is -3.16. The van der Waals surface area contributed by atoms with Gasteiger partial charge in [-0.1, -0.05) is 17.7 Å². The molecule has 0 spiro atoms. The van der Waals surface area contributed by atoms with E-state index in [4.69, 9.17) is 9.47 Å². The Kier molecular flexibility index (Phi) is 9.26. The Morgan fingerprint density at radius 3 is 2.53 bits per heavy atom. The number of hydroxylamine groups is 2. The van der Waals surface area contributed by atoms with Gasteiger partial charge in [0.25, 0.3) is 12.1 Å². The second-order valence-electron chi connectivity index (χ2n) is 8.40. The zero-order valence-electron chi connectivity index (χ0n) is 19.2. The lowest BCUT2D eigenvalue weighted by molar-refractivity contribution is -1.22. The maximum absolute atomic E-state index is 11.1. The Bertz CT molecular complexity index is 841. The van der Waals surface area contributed by atoms with Gasteiger partial charge in [-0.15, -0.1) is 5.06 Å². The van der Waals surface area contributed by atoms with Crippen molar-refractivity contribution in [2.45, 2.75) is 58.5 Å². The number of aliphatic hydroxyl groups excluding tert-OH is 2. The number of hydrogen-bond acceptors (Lipinski definition) is 8. The normalized spacial score (nSPS) is 22.1. The van der Waals surface area contributed by atoms with Crippen LogP contribution >= 0.6 is 0 Å². The van der Waals surface area contributed by atoms with Gasteiger partial charge in [-0.25, -0.2) is 4.99 Å². The smallest absolute Gasteiger partial charge is 0.267 e. The van der Waals surface area contributed by atoms with Crippen molar-refractivity contribution in [3.8, 4) is 5.75 Å². The third-order valence-electron chi connectivity index (χ3n) is 5.35. The SMILES string of the molecule is COC1C(=Cc2ccc(OCC=C(C)CCC(O)C(C)(C)O)cc2)NC(O)=C(C)[NH+]1O[O-]. The van der Waals surface area contributed by atoms with Gasteiger partial charge in [-0.05, 0) is 63.5 Å². The average Bonchev–Trinajstić information content (AvgIpc) is 2.74. The summed E-state index contributed by atoms with van der Waals surface area (Å²) in [4.78, 5) is 4.17. The Balaban J connectivity index is 1.96. The Morgan fingerprint density at radius 1 is 1.31 bits per heavy atom. The summed E-state index contributed by atoms with van der Waals surface area (Å²) in [5, 5.41) is 43.6. The van der Waals surface area contributed by atoms with E-state index < -0.39 is 17.9 Å². The maximum Gasteiger partial charge on any atom is 0.267 e. The van der Waals surface area contributed by atoms with Gasteiger partial charge in [0.2, 0.25) is 0 Å². The first-order valence-electron chi connectivity index (χ1n) is 10.4. The van der Waals surface area contributed by atoms with Crippen molar-refractivity contribution in [1.29, 1.82) is 0 Å². The summed E-state index contributed by atoms with van der Waals surface area (Å²) in [6, 6.07) is 7.31. The first-order valence-corrected chi connectivity index (χ1v) is 10.4. The van der Waals surface area contributed by atoms with Gasteiger partial charge in [0, 0.05) is 14.0 Å². The van der Waals surface area contributed by atoms with Crippen molar-refractivity contribution in [3.05, 3.63) is 58.8 Å². The molecule has 178 valence electrons. The highest BCUT2D eigenvalue weighted by Crippen LogP contribution is 2.18. The van der Waals surface area contributed by atoms with Crippen LogP contribution in [-0.2, 0) is 9.73 Å². The van der Waals surface area contributed by atoms with Gasteiger partial charge in [0.05, 0.1) is 11.7 Å². The molecule has 1 aliphatic heterocycles. The first kappa shape index (κ1) is 25.9. The molecule has 1 aromatic carbocycles. The van der Waals surface area contributed by atoms with Gasteiger partial charge in [0.1, 0.15) is 18.1 Å². The predicted octanol–water partition coefficient (Wildman–Crippen LogP) is 0.679. The van der Waals surface area contributed by atoms with Gasteiger partial charge in [-0.2, -0.15) is 0 Å². The van der Waals surface area contributed by atoms with E-state index in [1.165, 1.54) is 7.11 Å². The van der Waals surface area contributed by atoms with Crippen LogP contribution in [0.3, 0.4) is 0 Å². The van der Waals surface area contributed by atoms with E-state index in [9.17, 15) is 20.6 Å². The second-order valence-corrected chi connectivity index (χ2v) is 8.40. The molecule has 1 heterocycles. The van der Waals surface area contributed by atoms with Crippen LogP contribution in [0.1, 0.15) is 46.1 Å². The highest BCUT2D eigenvalue weighted by molar-refractivity contribution is 5.54. The maximum atomic E-state index is 11.1. The highest BCUT2D eigenvalue weighted by atomic mass is 17.2. The minimum absolute atomic E-state index is 0.00665. The number of methoxy groups -OCH3 is 1. The molecule has 9 nitrogen and oxygen atoms in total. The number of benzene rings is 1. The molecule has 5 N–H and O–H groups in total. The van der Waals surface area contributed by atoms with Crippen LogP contribution in [0.5, 0.6) is 5.75 Å². The van der Waals surface area contributed by atoms with Crippen LogP contribution in [0.2, 0.25) is 0 Å². The number of rotatable bonds is 10. The van der Waals surface area contributed by atoms with Crippen LogP contribution in [0.15, 0.2) is 53.2 Å². The number of nitrogens with one attached hydrogen (secondary N) is 2. The third-order valence-corrected chi connectivity index (χ3v) is 5.35. The molecule has 32 heavy (non-hydrogen) atoms. The minimum Gasteiger partial charge on any atom is -0.668 e. The first-order chi connectivity index (χ1) is 15.1. The molecule has 1 aliphatic rings. The Labute approximate surface area is 188 Å². The van der Waals surface area contributed by atoms with Gasteiger partial charge in [-0.3, -0.25) is 0 Å². The average molecular weight is 451 g/mol. The van der Waals surface area contributed by atoms with Crippen LogP contribution in [0, 0.1) is 0 Å². The molecule has 0 radical (unpaired) electrons. The van der Waals surface area contributed by atoms with Crippen LogP contribution in [0.25, 0.3) is 6.08 Å². The van der Waals surface area contributed by atoms with E-state index in [1.54, 1.807) is 26.8 Å². The van der Waals surface area contributed by atoms with Crippen LogP contribution in [0.4, 0.5) is 0 Å². The van der Waals surface area contributed by atoms with Gasteiger partial charge >= 0.3 is 0 Å². The summed E-state index contributed by atoms with van der Waals surface area (Å²) in [5.74, 6) is 0.522. The molecule has 0 fully saturated rings. The molecule has 9 heteroatoms. The molecular formula is C23H34N2O7. The number of quaternary nitrogens is 1. The van der Waals surface area contributed by atoms with E-state index >= 15 is 0 Å². The minimum atomic E-state index is -1.11. The molecule has 3 atom stereocenters. The van der Waals surface area contributed by atoms with Crippen molar-refractivity contribution >= 4 is 6.08 Å². The van der Waals surface area contributed by atoms with Crippen LogP contribution < -0.4 is 20.4 Å². The number of aliphatic hydroxyl groups is 3. The van der Waals surface area contributed by atoms with Crippen molar-refractivity contribution in [1.82, 2.24) is 5.32 Å². The summed E-state index contributed by atoms with van der Waals surface area (Å²) < 4.78 is 11.1. The summed E-state index contributed by atoms with van der Waals surface area (Å²) in [6.07, 6.45) is 3.31. The summed E-state index contributed by atoms with van der Waals surface area (Å²) in [6.45, 7) is 7.09. The predicted molar refractivity (Wildman–Crippen MR) is 117 cm³/mol. The van der Waals surface area contributed by atoms with E-state index in [0.29, 0.717) is 36.6 Å². The fourth-order valence-corrected chi connectivity index (χ4v) is 3.14.